The monoisotopic (exact) mass is 803 g/mol. The van der Waals surface area contributed by atoms with Gasteiger partial charge in [0.15, 0.2) is 0 Å². The molecule has 296 valence electrons. The average molecular weight is 804 g/mol. The lowest BCUT2D eigenvalue weighted by Crippen LogP contribution is -2.17. The number of para-hydroxylation sites is 1. The van der Waals surface area contributed by atoms with Crippen LogP contribution in [0, 0.1) is 0 Å². The molecule has 0 spiro atoms. The number of fused-ring (bicyclic) bond motifs is 12. The van der Waals surface area contributed by atoms with E-state index in [1.54, 1.807) is 0 Å². The first kappa shape index (κ1) is 35.8. The fourth-order valence-electron chi connectivity index (χ4n) is 10.9. The van der Waals surface area contributed by atoms with Crippen molar-refractivity contribution in [1.82, 2.24) is 0 Å². The van der Waals surface area contributed by atoms with Gasteiger partial charge in [0, 0.05) is 33.1 Å². The van der Waals surface area contributed by atoms with Crippen molar-refractivity contribution in [2.24, 2.45) is 0 Å². The molecule has 0 N–H and O–H groups in total. The summed E-state index contributed by atoms with van der Waals surface area (Å²) in [5, 5.41) is 12.1. The highest BCUT2D eigenvalue weighted by molar-refractivity contribution is 6.23. The SMILES string of the molecule is CC1(C)c2ccccc2-c2ccc(N(c3cccc(-c4cc5ccccc5c5ccccc45)c3)c3ccc4oc5ccccc5c4c3-c3cc4ccccc4c4ccccc34)cc21. The molecule has 1 heterocycles. The Hall–Kier alpha value is -7.94. The lowest BCUT2D eigenvalue weighted by molar-refractivity contribution is 0.660. The third-order valence-corrected chi connectivity index (χ3v) is 13.8. The zero-order chi connectivity index (χ0) is 41.8. The van der Waals surface area contributed by atoms with Gasteiger partial charge in [0.25, 0.3) is 0 Å². The molecule has 0 saturated heterocycles. The Balaban J connectivity index is 1.14. The Labute approximate surface area is 365 Å². The summed E-state index contributed by atoms with van der Waals surface area (Å²) in [4.78, 5) is 2.51. The molecule has 0 radical (unpaired) electrons. The smallest absolute Gasteiger partial charge is 0.136 e. The van der Waals surface area contributed by atoms with Crippen LogP contribution in [0.3, 0.4) is 0 Å². The van der Waals surface area contributed by atoms with Gasteiger partial charge < -0.3 is 9.32 Å². The van der Waals surface area contributed by atoms with Crippen LogP contribution in [0.25, 0.3) is 98.4 Å². The van der Waals surface area contributed by atoms with Crippen molar-refractivity contribution in [3.05, 3.63) is 223 Å². The topological polar surface area (TPSA) is 16.4 Å². The van der Waals surface area contributed by atoms with Gasteiger partial charge in [-0.15, -0.1) is 0 Å². The number of hydrogen-bond donors (Lipinski definition) is 0. The van der Waals surface area contributed by atoms with E-state index in [-0.39, 0.29) is 5.41 Å². The molecule has 11 aromatic carbocycles. The van der Waals surface area contributed by atoms with Crippen LogP contribution in [0.15, 0.2) is 217 Å². The molecule has 2 heteroatoms. The van der Waals surface area contributed by atoms with Crippen molar-refractivity contribution < 1.29 is 4.42 Å². The number of rotatable bonds is 5. The highest BCUT2D eigenvalue weighted by Gasteiger charge is 2.36. The largest absolute Gasteiger partial charge is 0.456 e. The minimum absolute atomic E-state index is 0.179. The Kier molecular flexibility index (Phi) is 7.68. The molecule has 13 rings (SSSR count). The molecule has 1 aliphatic carbocycles. The first-order chi connectivity index (χ1) is 31.0. The van der Waals surface area contributed by atoms with Crippen LogP contribution in [0.2, 0.25) is 0 Å². The van der Waals surface area contributed by atoms with E-state index in [4.69, 9.17) is 4.42 Å². The molecular formula is C61H41NO. The van der Waals surface area contributed by atoms with Crippen molar-refractivity contribution >= 4 is 82.1 Å². The highest BCUT2D eigenvalue weighted by Crippen LogP contribution is 2.53. The van der Waals surface area contributed by atoms with Crippen LogP contribution < -0.4 is 4.90 Å². The summed E-state index contributed by atoms with van der Waals surface area (Å²) in [5.41, 5.74) is 14.8. The third-order valence-electron chi connectivity index (χ3n) is 13.8. The van der Waals surface area contributed by atoms with Crippen molar-refractivity contribution in [2.45, 2.75) is 19.3 Å². The van der Waals surface area contributed by atoms with Crippen LogP contribution in [0.1, 0.15) is 25.0 Å². The van der Waals surface area contributed by atoms with Gasteiger partial charge in [0.2, 0.25) is 0 Å². The normalized spacial score (nSPS) is 13.0. The number of furan rings is 1. The molecule has 0 fully saturated rings. The van der Waals surface area contributed by atoms with Gasteiger partial charge in [-0.3, -0.25) is 0 Å². The molecule has 0 atom stereocenters. The second kappa shape index (κ2) is 13.5. The average Bonchev–Trinajstić information content (AvgIpc) is 3.83. The molecular weight excluding hydrogens is 763 g/mol. The Morgan fingerprint density at radius 3 is 1.68 bits per heavy atom. The molecule has 0 unspecified atom stereocenters. The van der Waals surface area contributed by atoms with Crippen LogP contribution in [-0.4, -0.2) is 0 Å². The summed E-state index contributed by atoms with van der Waals surface area (Å²) >= 11 is 0. The van der Waals surface area contributed by atoms with E-state index in [1.165, 1.54) is 82.0 Å². The van der Waals surface area contributed by atoms with E-state index in [0.29, 0.717) is 0 Å². The first-order valence-electron chi connectivity index (χ1n) is 21.9. The fourth-order valence-corrected chi connectivity index (χ4v) is 10.9. The molecule has 0 bridgehead atoms. The van der Waals surface area contributed by atoms with E-state index in [9.17, 15) is 0 Å². The predicted molar refractivity (Wildman–Crippen MR) is 267 cm³/mol. The number of nitrogens with zero attached hydrogens (tertiary/aromatic N) is 1. The summed E-state index contributed by atoms with van der Waals surface area (Å²) in [6, 6.07) is 78.2. The highest BCUT2D eigenvalue weighted by atomic mass is 16.3. The molecule has 0 aliphatic heterocycles. The molecule has 0 saturated carbocycles. The van der Waals surface area contributed by atoms with E-state index in [0.717, 1.165) is 44.6 Å². The van der Waals surface area contributed by atoms with Crippen LogP contribution in [0.5, 0.6) is 0 Å². The summed E-state index contributed by atoms with van der Waals surface area (Å²) in [6.07, 6.45) is 0. The molecule has 2 nitrogen and oxygen atoms in total. The van der Waals surface area contributed by atoms with Crippen molar-refractivity contribution in [3.63, 3.8) is 0 Å². The van der Waals surface area contributed by atoms with Gasteiger partial charge in [-0.25, -0.2) is 0 Å². The number of benzene rings is 11. The minimum atomic E-state index is -0.179. The van der Waals surface area contributed by atoms with Crippen LogP contribution in [-0.2, 0) is 5.41 Å². The third kappa shape index (κ3) is 5.31. The Morgan fingerprint density at radius 2 is 0.937 bits per heavy atom. The van der Waals surface area contributed by atoms with Gasteiger partial charge in [0.05, 0.1) is 5.69 Å². The molecule has 1 aromatic heterocycles. The Bertz CT molecular complexity index is 3850. The quantitative estimate of drug-likeness (QED) is 0.161. The predicted octanol–water partition coefficient (Wildman–Crippen LogP) is 17.3. The second-order valence-corrected chi connectivity index (χ2v) is 17.6. The zero-order valence-electron chi connectivity index (χ0n) is 35.1. The maximum absolute atomic E-state index is 6.72. The van der Waals surface area contributed by atoms with E-state index in [2.05, 4.69) is 231 Å². The van der Waals surface area contributed by atoms with Crippen LogP contribution >= 0.6 is 0 Å². The molecule has 1 aliphatic rings. The second-order valence-electron chi connectivity index (χ2n) is 17.6. The van der Waals surface area contributed by atoms with E-state index in [1.807, 2.05) is 0 Å². The lowest BCUT2D eigenvalue weighted by Gasteiger charge is -2.31. The summed E-state index contributed by atoms with van der Waals surface area (Å²) in [5.74, 6) is 0. The van der Waals surface area contributed by atoms with Gasteiger partial charge in [-0.05, 0) is 137 Å². The standard InChI is InChI=1S/C61H41NO/c1-61(2)54-28-13-11-26-49(54)50-31-30-42(37-55(50)61)62(41-19-15-18-38(34-41)52-35-39-16-3-5-20-43(39)45-22-7-9-24-47(45)52)56-32-33-58-60(51-27-12-14-29-57(51)63-58)59(56)53-36-40-17-4-6-21-44(40)46-23-8-10-25-48(46)53/h3-37H,1-2H3. The number of hydrogen-bond acceptors (Lipinski definition) is 2. The zero-order valence-corrected chi connectivity index (χ0v) is 35.1. The Morgan fingerprint density at radius 1 is 0.365 bits per heavy atom. The molecule has 12 aromatic rings. The van der Waals surface area contributed by atoms with Gasteiger partial charge in [-0.1, -0.05) is 172 Å². The van der Waals surface area contributed by atoms with Gasteiger partial charge in [-0.2, -0.15) is 0 Å². The van der Waals surface area contributed by atoms with Crippen LogP contribution in [0.4, 0.5) is 17.1 Å². The number of anilines is 3. The van der Waals surface area contributed by atoms with E-state index >= 15 is 0 Å². The van der Waals surface area contributed by atoms with Crippen molar-refractivity contribution in [1.29, 1.82) is 0 Å². The van der Waals surface area contributed by atoms with E-state index < -0.39 is 0 Å². The fraction of sp³-hybridized carbons (Fsp3) is 0.0492. The first-order valence-corrected chi connectivity index (χ1v) is 21.9. The van der Waals surface area contributed by atoms with Crippen molar-refractivity contribution in [2.75, 3.05) is 4.90 Å². The molecule has 0 amide bonds. The maximum atomic E-state index is 6.72. The summed E-state index contributed by atoms with van der Waals surface area (Å²) < 4.78 is 6.72. The van der Waals surface area contributed by atoms with Gasteiger partial charge in [0.1, 0.15) is 11.2 Å². The minimum Gasteiger partial charge on any atom is -0.456 e. The molecule has 63 heavy (non-hydrogen) atoms. The lowest BCUT2D eigenvalue weighted by atomic mass is 9.82. The summed E-state index contributed by atoms with van der Waals surface area (Å²) in [6.45, 7) is 4.74. The van der Waals surface area contributed by atoms with Crippen molar-refractivity contribution in [3.8, 4) is 33.4 Å². The van der Waals surface area contributed by atoms with Gasteiger partial charge >= 0.3 is 0 Å². The maximum Gasteiger partial charge on any atom is 0.136 e. The summed E-state index contributed by atoms with van der Waals surface area (Å²) in [7, 11) is 0.